The van der Waals surface area contributed by atoms with Crippen LogP contribution in [0.3, 0.4) is 0 Å². The number of benzene rings is 1. The van der Waals surface area contributed by atoms with Crippen LogP contribution in [0.25, 0.3) is 0 Å². The number of hydrogen-bond acceptors (Lipinski definition) is 4. The van der Waals surface area contributed by atoms with Crippen LogP contribution in [0.5, 0.6) is 0 Å². The second kappa shape index (κ2) is 7.45. The van der Waals surface area contributed by atoms with Gasteiger partial charge >= 0.3 is 0 Å². The Kier molecular flexibility index (Phi) is 5.52. The number of fused-ring (bicyclic) bond motifs is 1. The molecule has 7 heteroatoms. The van der Waals surface area contributed by atoms with Crippen LogP contribution < -0.4 is 10.0 Å². The summed E-state index contributed by atoms with van der Waals surface area (Å²) in [4.78, 5) is 12.9. The lowest BCUT2D eigenvalue weighted by Gasteiger charge is -2.23. The molecule has 1 aliphatic heterocycles. The van der Waals surface area contributed by atoms with Gasteiger partial charge < -0.3 is 5.32 Å². The Morgan fingerprint density at radius 3 is 2.50 bits per heavy atom. The van der Waals surface area contributed by atoms with E-state index < -0.39 is 10.0 Å². The van der Waals surface area contributed by atoms with Crippen LogP contribution in [0.2, 0.25) is 0 Å². The first kappa shape index (κ1) is 17.8. The van der Waals surface area contributed by atoms with Gasteiger partial charge in [0.1, 0.15) is 0 Å². The minimum absolute atomic E-state index is 0.00956. The van der Waals surface area contributed by atoms with Crippen molar-refractivity contribution in [3.05, 3.63) is 18.2 Å². The highest BCUT2D eigenvalue weighted by atomic mass is 32.2. The van der Waals surface area contributed by atoms with Crippen molar-refractivity contribution in [3.63, 3.8) is 0 Å². The van der Waals surface area contributed by atoms with Crippen molar-refractivity contribution < 1.29 is 13.2 Å². The van der Waals surface area contributed by atoms with Crippen molar-refractivity contribution >= 4 is 33.4 Å². The van der Waals surface area contributed by atoms with Gasteiger partial charge in [-0.05, 0) is 38.0 Å². The summed E-state index contributed by atoms with van der Waals surface area (Å²) in [7, 11) is -3.56. The van der Waals surface area contributed by atoms with E-state index in [0.717, 1.165) is 30.6 Å². The summed E-state index contributed by atoms with van der Waals surface area (Å²) in [5.41, 5.74) is 0.587. The number of nitrogens with one attached hydrogen (secondary N) is 2. The van der Waals surface area contributed by atoms with E-state index in [2.05, 4.69) is 10.0 Å². The van der Waals surface area contributed by atoms with Crippen molar-refractivity contribution in [2.24, 2.45) is 0 Å². The molecule has 2 N–H and O–H groups in total. The van der Waals surface area contributed by atoms with Crippen LogP contribution in [-0.2, 0) is 14.8 Å². The number of hydrogen-bond donors (Lipinski definition) is 2. The lowest BCUT2D eigenvalue weighted by molar-refractivity contribution is -0.115. The van der Waals surface area contributed by atoms with E-state index in [9.17, 15) is 13.2 Å². The van der Waals surface area contributed by atoms with Crippen LogP contribution >= 0.6 is 11.8 Å². The Balaban J connectivity index is 1.77. The van der Waals surface area contributed by atoms with Crippen LogP contribution in [0.1, 0.15) is 51.9 Å². The van der Waals surface area contributed by atoms with E-state index in [1.54, 1.807) is 18.2 Å². The summed E-state index contributed by atoms with van der Waals surface area (Å²) in [6.07, 6.45) is 7.55. The fourth-order valence-corrected chi connectivity index (χ4v) is 5.48. The van der Waals surface area contributed by atoms with E-state index in [1.807, 2.05) is 6.92 Å². The molecule has 1 saturated carbocycles. The van der Waals surface area contributed by atoms with Crippen LogP contribution in [0.4, 0.5) is 5.69 Å². The molecule has 1 aromatic carbocycles. The lowest BCUT2D eigenvalue weighted by atomic mass is 9.97. The summed E-state index contributed by atoms with van der Waals surface area (Å²) >= 11 is 1.45. The van der Waals surface area contributed by atoms with Gasteiger partial charge in [-0.1, -0.05) is 32.1 Å². The Hall–Kier alpha value is -1.05. The summed E-state index contributed by atoms with van der Waals surface area (Å²) in [5.74, 6) is -0.0879. The average Bonchev–Trinajstić information content (AvgIpc) is 2.50. The number of amides is 1. The number of thioether (sulfide) groups is 1. The molecule has 1 aromatic rings. The predicted octanol–water partition coefficient (Wildman–Crippen LogP) is 3.51. The second-order valence-corrected chi connectivity index (χ2v) is 9.67. The van der Waals surface area contributed by atoms with Gasteiger partial charge in [-0.25, -0.2) is 13.1 Å². The molecule has 3 rings (SSSR count). The van der Waals surface area contributed by atoms with Crippen molar-refractivity contribution in [2.45, 2.75) is 73.0 Å². The largest absolute Gasteiger partial charge is 0.324 e. The predicted molar refractivity (Wildman–Crippen MR) is 96.8 cm³/mol. The van der Waals surface area contributed by atoms with Gasteiger partial charge in [0.05, 0.1) is 15.8 Å². The van der Waals surface area contributed by atoms with Gasteiger partial charge in [0.15, 0.2) is 0 Å². The number of carbonyl (C=O) groups excluding carboxylic acids is 1. The number of sulfonamides is 1. The Bertz CT molecular complexity index is 711. The third-order valence-electron chi connectivity index (χ3n) is 4.62. The van der Waals surface area contributed by atoms with Gasteiger partial charge in [0, 0.05) is 10.9 Å². The summed E-state index contributed by atoms with van der Waals surface area (Å²) < 4.78 is 28.3. The van der Waals surface area contributed by atoms with E-state index in [1.165, 1.54) is 31.0 Å². The standard InChI is InChI=1S/C17H24N2O3S2/c1-12-17(20)18-15-11-14(9-10-16(15)23-12)24(21,22)19-13-7-5-3-2-4-6-8-13/h9-13,19H,2-8H2,1H3,(H,18,20)/t12-/m0/s1. The molecule has 2 aliphatic rings. The van der Waals surface area contributed by atoms with Crippen molar-refractivity contribution in [2.75, 3.05) is 5.32 Å². The Labute approximate surface area is 148 Å². The third-order valence-corrected chi connectivity index (χ3v) is 7.31. The molecule has 1 amide bonds. The molecule has 0 bridgehead atoms. The molecule has 0 aromatic heterocycles. The fraction of sp³-hybridized carbons (Fsp3) is 0.588. The molecule has 0 unspecified atom stereocenters. The zero-order chi connectivity index (χ0) is 17.2. The highest BCUT2D eigenvalue weighted by Gasteiger charge is 2.26. The monoisotopic (exact) mass is 368 g/mol. The normalized spacial score (nSPS) is 23.0. The minimum atomic E-state index is -3.56. The zero-order valence-electron chi connectivity index (χ0n) is 13.9. The van der Waals surface area contributed by atoms with Gasteiger partial charge in [-0.2, -0.15) is 0 Å². The smallest absolute Gasteiger partial charge is 0.240 e. The summed E-state index contributed by atoms with van der Waals surface area (Å²) in [6, 6.07) is 4.98. The lowest BCUT2D eigenvalue weighted by Crippen LogP contribution is -2.35. The van der Waals surface area contributed by atoms with Crippen LogP contribution in [0.15, 0.2) is 28.0 Å². The van der Waals surface area contributed by atoms with E-state index in [4.69, 9.17) is 0 Å². The van der Waals surface area contributed by atoms with Crippen LogP contribution in [-0.4, -0.2) is 25.6 Å². The van der Waals surface area contributed by atoms with Crippen LogP contribution in [0, 0.1) is 0 Å². The van der Waals surface area contributed by atoms with Gasteiger partial charge in [-0.3, -0.25) is 4.79 Å². The van der Waals surface area contributed by atoms with Crippen molar-refractivity contribution in [3.8, 4) is 0 Å². The fourth-order valence-electron chi connectivity index (χ4n) is 3.22. The van der Waals surface area contributed by atoms with E-state index >= 15 is 0 Å². The quantitative estimate of drug-likeness (QED) is 0.856. The molecule has 0 saturated heterocycles. The topological polar surface area (TPSA) is 75.3 Å². The highest BCUT2D eigenvalue weighted by molar-refractivity contribution is 8.01. The first-order valence-electron chi connectivity index (χ1n) is 8.59. The first-order valence-corrected chi connectivity index (χ1v) is 11.0. The average molecular weight is 369 g/mol. The zero-order valence-corrected chi connectivity index (χ0v) is 15.5. The summed E-state index contributed by atoms with van der Waals surface area (Å²) in [5, 5.41) is 2.63. The molecule has 1 atom stereocenters. The minimum Gasteiger partial charge on any atom is -0.324 e. The molecule has 1 heterocycles. The molecule has 24 heavy (non-hydrogen) atoms. The van der Waals surface area contributed by atoms with Gasteiger partial charge in [-0.15, -0.1) is 11.8 Å². The van der Waals surface area contributed by atoms with Crippen molar-refractivity contribution in [1.29, 1.82) is 0 Å². The Morgan fingerprint density at radius 2 is 1.79 bits per heavy atom. The second-order valence-electron chi connectivity index (χ2n) is 6.57. The highest BCUT2D eigenvalue weighted by Crippen LogP contribution is 2.36. The molecular weight excluding hydrogens is 344 g/mol. The molecule has 0 spiro atoms. The maximum atomic E-state index is 12.7. The van der Waals surface area contributed by atoms with Gasteiger partial charge in [0.25, 0.3) is 0 Å². The summed E-state index contributed by atoms with van der Waals surface area (Å²) in [6.45, 7) is 1.84. The van der Waals surface area contributed by atoms with Gasteiger partial charge in [0.2, 0.25) is 15.9 Å². The molecule has 1 aliphatic carbocycles. The maximum absolute atomic E-state index is 12.7. The number of anilines is 1. The van der Waals surface area contributed by atoms with Crippen molar-refractivity contribution in [1.82, 2.24) is 4.72 Å². The number of carbonyl (C=O) groups is 1. The first-order chi connectivity index (χ1) is 11.5. The van der Waals surface area contributed by atoms with E-state index in [-0.39, 0.29) is 22.1 Å². The number of rotatable bonds is 3. The SMILES string of the molecule is C[C@@H]1Sc2ccc(S(=O)(=O)NC3CCCCCCC3)cc2NC1=O. The molecule has 1 fully saturated rings. The molecule has 0 radical (unpaired) electrons. The molecule has 132 valence electrons. The third kappa shape index (κ3) is 4.13. The molecule has 5 nitrogen and oxygen atoms in total. The maximum Gasteiger partial charge on any atom is 0.240 e. The van der Waals surface area contributed by atoms with E-state index in [0.29, 0.717) is 5.69 Å². The molecular formula is C17H24N2O3S2. The Morgan fingerprint density at radius 1 is 1.12 bits per heavy atom.